The van der Waals surface area contributed by atoms with E-state index in [1.165, 1.54) is 51.4 Å². The van der Waals surface area contributed by atoms with Gasteiger partial charge in [-0.15, -0.1) is 0 Å². The first-order chi connectivity index (χ1) is 16.3. The van der Waals surface area contributed by atoms with Gasteiger partial charge in [-0.25, -0.2) is 0 Å². The molecule has 0 heterocycles. The fourth-order valence-electron chi connectivity index (χ4n) is 9.59. The quantitative estimate of drug-likeness (QED) is 0.452. The molecule has 0 amide bonds. The molecule has 5 rings (SSSR count). The number of aliphatic hydroxyl groups excluding tert-OH is 1. The van der Waals surface area contributed by atoms with Crippen LogP contribution in [0.15, 0.2) is 30.3 Å². The summed E-state index contributed by atoms with van der Waals surface area (Å²) in [6, 6.07) is 9.95. The summed E-state index contributed by atoms with van der Waals surface area (Å²) in [5, 5.41) is 11.4. The van der Waals surface area contributed by atoms with Gasteiger partial charge in [0.25, 0.3) is 0 Å². The van der Waals surface area contributed by atoms with E-state index in [0.29, 0.717) is 53.4 Å². The lowest BCUT2D eigenvalue weighted by atomic mass is 9.44. The summed E-state index contributed by atoms with van der Waals surface area (Å²) in [7, 11) is 0. The second-order valence-electron chi connectivity index (χ2n) is 12.9. The molecule has 9 atom stereocenters. The van der Waals surface area contributed by atoms with Crippen LogP contribution in [0.25, 0.3) is 0 Å². The lowest BCUT2D eigenvalue weighted by molar-refractivity contribution is -0.164. The zero-order chi connectivity index (χ0) is 23.9. The van der Waals surface area contributed by atoms with Crippen LogP contribution in [-0.2, 0) is 16.1 Å². The van der Waals surface area contributed by atoms with Gasteiger partial charge < -0.3 is 9.84 Å². The molecule has 3 nitrogen and oxygen atoms in total. The minimum Gasteiger partial charge on any atom is -0.461 e. The number of ether oxygens (including phenoxy) is 1. The van der Waals surface area contributed by atoms with Crippen molar-refractivity contribution in [3.8, 4) is 0 Å². The molecule has 0 spiro atoms. The Balaban J connectivity index is 1.21. The van der Waals surface area contributed by atoms with Gasteiger partial charge in [-0.3, -0.25) is 4.79 Å². The fraction of sp³-hybridized carbons (Fsp3) is 0.774. The molecule has 1 N–H and O–H groups in total. The first kappa shape index (κ1) is 24.3. The molecular weight excluding hydrogens is 420 g/mol. The monoisotopic (exact) mass is 466 g/mol. The van der Waals surface area contributed by atoms with Gasteiger partial charge in [0.15, 0.2) is 0 Å². The third-order valence-corrected chi connectivity index (χ3v) is 11.4. The van der Waals surface area contributed by atoms with Crippen molar-refractivity contribution in [2.75, 3.05) is 0 Å². The lowest BCUT2D eigenvalue weighted by Gasteiger charge is -2.62. The predicted octanol–water partition coefficient (Wildman–Crippen LogP) is 7.17. The van der Waals surface area contributed by atoms with Gasteiger partial charge in [0.1, 0.15) is 6.61 Å². The first-order valence-electron chi connectivity index (χ1n) is 14.2. The number of rotatable bonds is 6. The second kappa shape index (κ2) is 9.60. The van der Waals surface area contributed by atoms with E-state index < -0.39 is 0 Å². The molecule has 1 aromatic rings. The molecule has 0 saturated heterocycles. The molecular formula is C31H46O3. The predicted molar refractivity (Wildman–Crippen MR) is 136 cm³/mol. The largest absolute Gasteiger partial charge is 0.461 e. The van der Waals surface area contributed by atoms with E-state index in [1.807, 2.05) is 30.3 Å². The van der Waals surface area contributed by atoms with Crippen LogP contribution in [0.3, 0.4) is 0 Å². The van der Waals surface area contributed by atoms with Crippen molar-refractivity contribution in [1.82, 2.24) is 0 Å². The average molecular weight is 467 g/mol. The molecule has 3 heteroatoms. The molecule has 0 aromatic heterocycles. The zero-order valence-corrected chi connectivity index (χ0v) is 21.7. The highest BCUT2D eigenvalue weighted by Crippen LogP contribution is 2.68. The van der Waals surface area contributed by atoms with E-state index in [2.05, 4.69) is 20.8 Å². The van der Waals surface area contributed by atoms with Crippen molar-refractivity contribution in [2.24, 2.45) is 46.3 Å². The molecule has 34 heavy (non-hydrogen) atoms. The number of fused-ring (bicyclic) bond motifs is 5. The van der Waals surface area contributed by atoms with Crippen LogP contribution in [0, 0.1) is 46.3 Å². The number of carbonyl (C=O) groups excluding carboxylic acids is 1. The fourth-order valence-corrected chi connectivity index (χ4v) is 9.59. The third-order valence-electron chi connectivity index (χ3n) is 11.4. The van der Waals surface area contributed by atoms with Gasteiger partial charge in [0.05, 0.1) is 6.10 Å². The second-order valence-corrected chi connectivity index (χ2v) is 12.9. The summed E-state index contributed by atoms with van der Waals surface area (Å²) in [6.45, 7) is 7.86. The molecule has 4 aliphatic carbocycles. The van der Waals surface area contributed by atoms with E-state index in [4.69, 9.17) is 4.74 Å². The summed E-state index contributed by atoms with van der Waals surface area (Å²) in [4.78, 5) is 12.4. The van der Waals surface area contributed by atoms with Crippen LogP contribution in [0.2, 0.25) is 0 Å². The average Bonchev–Trinajstić information content (AvgIpc) is 3.19. The Labute approximate surface area is 207 Å². The van der Waals surface area contributed by atoms with Crippen molar-refractivity contribution in [3.63, 3.8) is 0 Å². The smallest absolute Gasteiger partial charge is 0.306 e. The molecule has 1 aromatic carbocycles. The SMILES string of the molecule is C[C@H](CCC(=O)OCc1ccccc1)C1CCC2C3C(CC[C@@]21C)[C@@]1(C)CCCCC1C[C@@H]3O. The molecule has 4 fully saturated rings. The standard InChI is InChI=1S/C31H46O3/c1-21(12-15-28(33)34-20-22-9-5-4-6-10-22)24-13-14-25-29-26(16-18-31(24,25)3)30(2)17-8-7-11-23(30)19-27(29)32/h4-6,9-10,21,23-27,29,32H,7-8,11-20H2,1-3H3/t21-,23?,24?,25?,26?,27+,29?,30+,31-/m1/s1. The molecule has 0 radical (unpaired) electrons. The van der Waals surface area contributed by atoms with Crippen LogP contribution in [0.4, 0.5) is 0 Å². The van der Waals surface area contributed by atoms with Crippen molar-refractivity contribution in [2.45, 2.75) is 104 Å². The molecule has 0 aliphatic heterocycles. The highest BCUT2D eigenvalue weighted by Gasteiger charge is 2.62. The minimum atomic E-state index is -0.104. The topological polar surface area (TPSA) is 46.5 Å². The molecule has 188 valence electrons. The minimum absolute atomic E-state index is 0.0712. The van der Waals surface area contributed by atoms with Crippen LogP contribution in [-0.4, -0.2) is 17.2 Å². The highest BCUT2D eigenvalue weighted by atomic mass is 16.5. The number of benzene rings is 1. The molecule has 4 aliphatic rings. The van der Waals surface area contributed by atoms with Crippen molar-refractivity contribution in [3.05, 3.63) is 35.9 Å². The van der Waals surface area contributed by atoms with Gasteiger partial charge >= 0.3 is 5.97 Å². The Morgan fingerprint density at radius 1 is 1.03 bits per heavy atom. The maximum atomic E-state index is 12.4. The van der Waals surface area contributed by atoms with Crippen molar-refractivity contribution in [1.29, 1.82) is 0 Å². The summed E-state index contributed by atoms with van der Waals surface area (Å²) < 4.78 is 5.55. The first-order valence-corrected chi connectivity index (χ1v) is 14.2. The van der Waals surface area contributed by atoms with Gasteiger partial charge in [-0.1, -0.05) is 63.9 Å². The number of hydrogen-bond donors (Lipinski definition) is 1. The number of hydrogen-bond acceptors (Lipinski definition) is 3. The number of aliphatic hydroxyl groups is 1. The summed E-state index contributed by atoms with van der Waals surface area (Å²) in [6.07, 6.45) is 12.9. The maximum Gasteiger partial charge on any atom is 0.306 e. The molecule has 0 bridgehead atoms. The summed E-state index contributed by atoms with van der Waals surface area (Å²) in [5.74, 6) is 3.70. The Kier molecular flexibility index (Phi) is 6.88. The Morgan fingerprint density at radius 3 is 2.59 bits per heavy atom. The van der Waals surface area contributed by atoms with E-state index in [-0.39, 0.29) is 12.1 Å². The van der Waals surface area contributed by atoms with E-state index in [1.54, 1.807) is 0 Å². The maximum absolute atomic E-state index is 12.4. The third kappa shape index (κ3) is 4.25. The van der Waals surface area contributed by atoms with E-state index in [9.17, 15) is 9.90 Å². The van der Waals surface area contributed by atoms with Gasteiger partial charge in [-0.05, 0) is 103 Å². The van der Waals surface area contributed by atoms with Crippen molar-refractivity contribution >= 4 is 5.97 Å². The summed E-state index contributed by atoms with van der Waals surface area (Å²) in [5.41, 5.74) is 1.81. The Hall–Kier alpha value is -1.35. The Morgan fingerprint density at radius 2 is 1.79 bits per heavy atom. The Bertz CT molecular complexity index is 851. The summed E-state index contributed by atoms with van der Waals surface area (Å²) >= 11 is 0. The number of carbonyl (C=O) groups is 1. The van der Waals surface area contributed by atoms with Gasteiger partial charge in [0.2, 0.25) is 0 Å². The highest BCUT2D eigenvalue weighted by molar-refractivity contribution is 5.69. The van der Waals surface area contributed by atoms with Crippen LogP contribution >= 0.6 is 0 Å². The normalized spacial score (nSPS) is 42.2. The molecule has 5 unspecified atom stereocenters. The van der Waals surface area contributed by atoms with E-state index in [0.717, 1.165) is 24.3 Å². The van der Waals surface area contributed by atoms with Crippen LogP contribution < -0.4 is 0 Å². The zero-order valence-electron chi connectivity index (χ0n) is 21.7. The van der Waals surface area contributed by atoms with Gasteiger partial charge in [-0.2, -0.15) is 0 Å². The number of esters is 1. The van der Waals surface area contributed by atoms with Crippen molar-refractivity contribution < 1.29 is 14.6 Å². The van der Waals surface area contributed by atoms with E-state index >= 15 is 0 Å². The molecule has 4 saturated carbocycles. The van der Waals surface area contributed by atoms with Gasteiger partial charge in [0, 0.05) is 6.42 Å². The van der Waals surface area contributed by atoms with Crippen LogP contribution in [0.5, 0.6) is 0 Å². The van der Waals surface area contributed by atoms with Crippen LogP contribution in [0.1, 0.15) is 97.0 Å². The lowest BCUT2D eigenvalue weighted by Crippen LogP contribution is -2.57.